The van der Waals surface area contributed by atoms with Gasteiger partial charge in [-0.25, -0.2) is 14.1 Å². The molecular weight excluding hydrogens is 439 g/mol. The van der Waals surface area contributed by atoms with E-state index < -0.39 is 52.6 Å². The molecule has 2 aliphatic heterocycles. The molecule has 8 heteroatoms. The second-order valence-electron chi connectivity index (χ2n) is 9.91. The molecule has 1 unspecified atom stereocenters. The molecule has 7 nitrogen and oxygen atoms in total. The lowest BCUT2D eigenvalue weighted by atomic mass is 9.65. The number of hydrogen-bond donors (Lipinski definition) is 0. The predicted molar refractivity (Wildman–Crippen MR) is 122 cm³/mol. The molecule has 0 aliphatic carbocycles. The van der Waals surface area contributed by atoms with Crippen molar-refractivity contribution in [3.8, 4) is 0 Å². The van der Waals surface area contributed by atoms with Gasteiger partial charge in [0.1, 0.15) is 16.8 Å². The Morgan fingerprint density at radius 3 is 2.29 bits per heavy atom. The van der Waals surface area contributed by atoms with Gasteiger partial charge in [-0.1, -0.05) is 30.3 Å². The molecule has 2 aliphatic rings. The van der Waals surface area contributed by atoms with Gasteiger partial charge >= 0.3 is 6.09 Å². The average molecular weight is 467 g/mol. The number of nitrogens with zero attached hydrogens (tertiary/aromatic N) is 2. The predicted octanol–water partition coefficient (Wildman–Crippen LogP) is 4.18. The standard InChI is InChI=1S/C26H27FN2O5/c1-15(2)28-21(30)14-19(22(28)31)26(16-9-7-6-8-10-16)18-13-17(27)11-12-20(18)29(23(26)32)24(33)34-25(3,4)5/h6-13,15,19H,14H2,1-5H3/t19-,26?/m1/s1. The van der Waals surface area contributed by atoms with Crippen LogP contribution in [0.3, 0.4) is 0 Å². The molecule has 178 valence electrons. The topological polar surface area (TPSA) is 84.0 Å². The van der Waals surface area contributed by atoms with Crippen molar-refractivity contribution in [2.75, 3.05) is 4.90 Å². The first-order valence-electron chi connectivity index (χ1n) is 11.2. The van der Waals surface area contributed by atoms with Crippen LogP contribution in [0.15, 0.2) is 48.5 Å². The molecule has 4 amide bonds. The van der Waals surface area contributed by atoms with Crippen molar-refractivity contribution in [2.45, 2.75) is 58.1 Å². The number of amides is 4. The largest absolute Gasteiger partial charge is 0.443 e. The molecule has 0 bridgehead atoms. The van der Waals surface area contributed by atoms with E-state index in [1.165, 1.54) is 12.1 Å². The minimum atomic E-state index is -1.77. The van der Waals surface area contributed by atoms with Gasteiger partial charge in [-0.3, -0.25) is 19.3 Å². The van der Waals surface area contributed by atoms with Gasteiger partial charge in [-0.2, -0.15) is 0 Å². The fourth-order valence-electron chi connectivity index (χ4n) is 4.96. The molecule has 0 spiro atoms. The minimum Gasteiger partial charge on any atom is -0.443 e. The van der Waals surface area contributed by atoms with Crippen molar-refractivity contribution in [1.29, 1.82) is 0 Å². The number of hydrogen-bond acceptors (Lipinski definition) is 5. The molecule has 0 radical (unpaired) electrons. The summed E-state index contributed by atoms with van der Waals surface area (Å²) in [5.74, 6) is -3.47. The molecule has 0 N–H and O–H groups in total. The van der Waals surface area contributed by atoms with Crippen molar-refractivity contribution in [3.05, 3.63) is 65.5 Å². The van der Waals surface area contributed by atoms with E-state index in [0.717, 1.165) is 15.9 Å². The number of likely N-dealkylation sites (tertiary alicyclic amines) is 1. The highest BCUT2D eigenvalue weighted by atomic mass is 19.1. The highest BCUT2D eigenvalue weighted by Crippen LogP contribution is 2.54. The Balaban J connectivity index is 2.00. The van der Waals surface area contributed by atoms with Crippen molar-refractivity contribution in [1.82, 2.24) is 4.90 Å². The molecule has 2 heterocycles. The number of rotatable bonds is 3. The van der Waals surface area contributed by atoms with Crippen molar-refractivity contribution < 1.29 is 28.3 Å². The summed E-state index contributed by atoms with van der Waals surface area (Å²) in [6.07, 6.45) is -1.17. The van der Waals surface area contributed by atoms with Crippen LogP contribution in [0.1, 0.15) is 52.2 Å². The molecular formula is C26H27FN2O5. The van der Waals surface area contributed by atoms with Gasteiger partial charge in [-0.15, -0.1) is 0 Å². The summed E-state index contributed by atoms with van der Waals surface area (Å²) in [7, 11) is 0. The van der Waals surface area contributed by atoms with E-state index in [4.69, 9.17) is 4.74 Å². The Labute approximate surface area is 197 Å². The van der Waals surface area contributed by atoms with Crippen LogP contribution < -0.4 is 4.90 Å². The zero-order valence-electron chi connectivity index (χ0n) is 19.8. The van der Waals surface area contributed by atoms with E-state index in [-0.39, 0.29) is 17.7 Å². The summed E-state index contributed by atoms with van der Waals surface area (Å²) in [5, 5.41) is 0. The zero-order chi connectivity index (χ0) is 25.0. The summed E-state index contributed by atoms with van der Waals surface area (Å²) < 4.78 is 20.1. The molecule has 1 fully saturated rings. The first-order valence-corrected chi connectivity index (χ1v) is 11.2. The first-order chi connectivity index (χ1) is 15.9. The van der Waals surface area contributed by atoms with Crippen LogP contribution in [0.25, 0.3) is 0 Å². The quantitative estimate of drug-likeness (QED) is 0.634. The maximum absolute atomic E-state index is 14.6. The Hall–Kier alpha value is -3.55. The third-order valence-electron chi connectivity index (χ3n) is 6.19. The zero-order valence-corrected chi connectivity index (χ0v) is 19.8. The van der Waals surface area contributed by atoms with Crippen molar-refractivity contribution >= 4 is 29.5 Å². The normalized spacial score (nSPS) is 22.6. The van der Waals surface area contributed by atoms with Crippen LogP contribution in [-0.2, 0) is 24.5 Å². The van der Waals surface area contributed by atoms with Gasteiger partial charge in [0.25, 0.3) is 5.91 Å². The molecule has 4 rings (SSSR count). The number of ether oxygens (including phenoxy) is 1. The monoisotopic (exact) mass is 466 g/mol. The summed E-state index contributed by atoms with van der Waals surface area (Å²) in [4.78, 5) is 55.9. The van der Waals surface area contributed by atoms with E-state index in [9.17, 15) is 23.6 Å². The number of halogens is 1. The lowest BCUT2D eigenvalue weighted by Crippen LogP contribution is -2.51. The number of carbonyl (C=O) groups is 4. The van der Waals surface area contributed by atoms with Crippen molar-refractivity contribution in [2.24, 2.45) is 5.92 Å². The maximum Gasteiger partial charge on any atom is 0.421 e. The van der Waals surface area contributed by atoms with E-state index >= 15 is 0 Å². The Morgan fingerprint density at radius 2 is 1.74 bits per heavy atom. The van der Waals surface area contributed by atoms with Crippen LogP contribution in [0.2, 0.25) is 0 Å². The lowest BCUT2D eigenvalue weighted by molar-refractivity contribution is -0.143. The first kappa shape index (κ1) is 23.6. The molecule has 1 saturated heterocycles. The second kappa shape index (κ2) is 8.04. The van der Waals surface area contributed by atoms with Crippen LogP contribution in [0, 0.1) is 11.7 Å². The number of anilines is 1. The molecule has 2 atom stereocenters. The average Bonchev–Trinajstić information content (AvgIpc) is 3.17. The SMILES string of the molecule is CC(C)N1C(=O)C[C@@H](C2(c3ccccc3)C(=O)N(C(=O)OC(C)(C)C)c3ccc(F)cc32)C1=O. The third kappa shape index (κ3) is 3.48. The van der Waals surface area contributed by atoms with Gasteiger partial charge in [0.15, 0.2) is 0 Å². The number of fused-ring (bicyclic) bond motifs is 1. The maximum atomic E-state index is 14.6. The second-order valence-corrected chi connectivity index (χ2v) is 9.91. The molecule has 0 aromatic heterocycles. The Kier molecular flexibility index (Phi) is 5.58. The Bertz CT molecular complexity index is 1190. The van der Waals surface area contributed by atoms with E-state index in [0.29, 0.717) is 5.56 Å². The summed E-state index contributed by atoms with van der Waals surface area (Å²) >= 11 is 0. The Morgan fingerprint density at radius 1 is 1.09 bits per heavy atom. The van der Waals surface area contributed by atoms with Gasteiger partial charge in [0, 0.05) is 18.0 Å². The summed E-state index contributed by atoms with van der Waals surface area (Å²) in [5.41, 5.74) is -1.98. The van der Waals surface area contributed by atoms with E-state index in [1.54, 1.807) is 65.0 Å². The lowest BCUT2D eigenvalue weighted by Gasteiger charge is -2.34. The molecule has 0 saturated carbocycles. The smallest absolute Gasteiger partial charge is 0.421 e. The van der Waals surface area contributed by atoms with Crippen LogP contribution >= 0.6 is 0 Å². The number of carbonyl (C=O) groups excluding carboxylic acids is 4. The van der Waals surface area contributed by atoms with E-state index in [1.807, 2.05) is 0 Å². The van der Waals surface area contributed by atoms with Gasteiger partial charge in [0.05, 0.1) is 11.6 Å². The van der Waals surface area contributed by atoms with Crippen LogP contribution in [0.4, 0.5) is 14.9 Å². The summed E-state index contributed by atoms with van der Waals surface area (Å²) in [6, 6.07) is 11.7. The van der Waals surface area contributed by atoms with Gasteiger partial charge in [-0.05, 0) is 58.4 Å². The highest BCUT2D eigenvalue weighted by Gasteiger charge is 2.64. The van der Waals surface area contributed by atoms with E-state index in [2.05, 4.69) is 0 Å². The third-order valence-corrected chi connectivity index (χ3v) is 6.19. The van der Waals surface area contributed by atoms with Crippen LogP contribution in [0.5, 0.6) is 0 Å². The number of imide groups is 2. The summed E-state index contributed by atoms with van der Waals surface area (Å²) in [6.45, 7) is 8.43. The highest BCUT2D eigenvalue weighted by molar-refractivity contribution is 6.25. The molecule has 2 aromatic rings. The minimum absolute atomic E-state index is 0.132. The van der Waals surface area contributed by atoms with Crippen molar-refractivity contribution in [3.63, 3.8) is 0 Å². The molecule has 2 aromatic carbocycles. The molecule has 34 heavy (non-hydrogen) atoms. The fraction of sp³-hybridized carbons (Fsp3) is 0.385. The fourth-order valence-corrected chi connectivity index (χ4v) is 4.96. The number of benzene rings is 2. The van der Waals surface area contributed by atoms with Crippen LogP contribution in [-0.4, -0.2) is 40.4 Å². The van der Waals surface area contributed by atoms with Gasteiger partial charge in [0.2, 0.25) is 11.8 Å². The van der Waals surface area contributed by atoms with Gasteiger partial charge < -0.3 is 4.74 Å².